The number of fused-ring (bicyclic) bond motifs is 1. The Hall–Kier alpha value is -1.14. The zero-order chi connectivity index (χ0) is 14.4. The van der Waals surface area contributed by atoms with Crippen molar-refractivity contribution in [1.29, 1.82) is 0 Å². The van der Waals surface area contributed by atoms with E-state index in [-0.39, 0.29) is 5.52 Å². The number of rotatable bonds is 1. The van der Waals surface area contributed by atoms with Crippen LogP contribution in [0.5, 0.6) is 0 Å². The first-order valence-electron chi connectivity index (χ1n) is 5.75. The Bertz CT molecular complexity index is 598. The van der Waals surface area contributed by atoms with Crippen LogP contribution in [0.4, 0.5) is 13.2 Å². The highest BCUT2D eigenvalue weighted by molar-refractivity contribution is 7.18. The molecule has 0 saturated heterocycles. The summed E-state index contributed by atoms with van der Waals surface area (Å²) in [4.78, 5) is 4.12. The smallest absolute Gasteiger partial charge is 0.385 e. The number of aliphatic hydroxyl groups is 1. The fraction of sp³-hybridized carbons (Fsp3) is 0.462. The zero-order valence-corrected chi connectivity index (χ0v) is 11.6. The number of hydrogen-bond donors (Lipinski definition) is 1. The van der Waals surface area contributed by atoms with Crippen molar-refractivity contribution in [2.24, 2.45) is 5.41 Å². The van der Waals surface area contributed by atoms with E-state index in [9.17, 15) is 18.3 Å². The second-order valence-corrected chi connectivity index (χ2v) is 6.56. The maximum Gasteiger partial charge on any atom is 0.416 e. The van der Waals surface area contributed by atoms with Gasteiger partial charge in [0.2, 0.25) is 0 Å². The van der Waals surface area contributed by atoms with Crippen molar-refractivity contribution in [2.75, 3.05) is 0 Å². The standard InChI is InChI=1S/C13H14F3NOS/c1-12(2,3)10(18)11-17-8-6-7(13(14,15)16)4-5-9(8)19-11/h4-6,10,18H,1-3H3/t10-/m1/s1. The van der Waals surface area contributed by atoms with Crippen molar-refractivity contribution in [2.45, 2.75) is 33.1 Å². The first kappa shape index (κ1) is 14.3. The Balaban J connectivity index is 2.47. The van der Waals surface area contributed by atoms with Crippen molar-refractivity contribution in [1.82, 2.24) is 4.98 Å². The van der Waals surface area contributed by atoms with E-state index in [0.717, 1.165) is 12.1 Å². The molecule has 1 heterocycles. The summed E-state index contributed by atoms with van der Waals surface area (Å²) in [5.74, 6) is 0. The van der Waals surface area contributed by atoms with E-state index in [1.54, 1.807) is 0 Å². The van der Waals surface area contributed by atoms with Gasteiger partial charge >= 0.3 is 6.18 Å². The number of alkyl halides is 3. The monoisotopic (exact) mass is 289 g/mol. The number of hydrogen-bond acceptors (Lipinski definition) is 3. The Morgan fingerprint density at radius 3 is 2.37 bits per heavy atom. The van der Waals surface area contributed by atoms with Crippen molar-refractivity contribution in [3.05, 3.63) is 28.8 Å². The molecule has 2 aromatic rings. The molecule has 0 spiro atoms. The maximum atomic E-state index is 12.6. The molecule has 0 radical (unpaired) electrons. The molecule has 0 unspecified atom stereocenters. The summed E-state index contributed by atoms with van der Waals surface area (Å²) < 4.78 is 38.4. The van der Waals surface area contributed by atoms with Gasteiger partial charge in [-0.3, -0.25) is 0 Å². The number of thiazole rings is 1. The highest BCUT2D eigenvalue weighted by Crippen LogP contribution is 2.38. The van der Waals surface area contributed by atoms with Crippen molar-refractivity contribution in [3.8, 4) is 0 Å². The third-order valence-electron chi connectivity index (χ3n) is 2.79. The third-order valence-corrected chi connectivity index (χ3v) is 3.87. The van der Waals surface area contributed by atoms with E-state index in [1.165, 1.54) is 17.4 Å². The molecule has 0 amide bonds. The topological polar surface area (TPSA) is 33.1 Å². The summed E-state index contributed by atoms with van der Waals surface area (Å²) >= 11 is 1.22. The molecular formula is C13H14F3NOS. The van der Waals surface area contributed by atoms with Gasteiger partial charge in [-0.25, -0.2) is 4.98 Å². The van der Waals surface area contributed by atoms with Crippen LogP contribution in [0.2, 0.25) is 0 Å². The van der Waals surface area contributed by atoms with E-state index in [0.29, 0.717) is 9.71 Å². The fourth-order valence-corrected chi connectivity index (χ4v) is 2.79. The van der Waals surface area contributed by atoms with Crippen LogP contribution in [-0.2, 0) is 6.18 Å². The molecule has 0 aliphatic carbocycles. The SMILES string of the molecule is CC(C)(C)[C@H](O)c1nc2cc(C(F)(F)F)ccc2s1. The number of aliphatic hydroxyl groups excluding tert-OH is 1. The molecule has 0 fully saturated rings. The van der Waals surface area contributed by atoms with Gasteiger partial charge in [0.05, 0.1) is 15.8 Å². The molecule has 104 valence electrons. The van der Waals surface area contributed by atoms with Gasteiger partial charge in [0, 0.05) is 0 Å². The van der Waals surface area contributed by atoms with Crippen LogP contribution in [0.1, 0.15) is 37.4 Å². The van der Waals surface area contributed by atoms with Crippen molar-refractivity contribution >= 4 is 21.6 Å². The summed E-state index contributed by atoms with van der Waals surface area (Å²) in [5.41, 5.74) is -0.846. The lowest BCUT2D eigenvalue weighted by Gasteiger charge is -2.23. The van der Waals surface area contributed by atoms with Gasteiger partial charge < -0.3 is 5.11 Å². The van der Waals surface area contributed by atoms with Crippen LogP contribution < -0.4 is 0 Å². The molecule has 0 aliphatic rings. The van der Waals surface area contributed by atoms with Gasteiger partial charge in [-0.05, 0) is 23.6 Å². The highest BCUT2D eigenvalue weighted by Gasteiger charge is 2.31. The van der Waals surface area contributed by atoms with E-state index < -0.39 is 23.3 Å². The molecule has 1 aromatic heterocycles. The minimum atomic E-state index is -4.37. The summed E-state index contributed by atoms with van der Waals surface area (Å²) in [6.07, 6.45) is -5.17. The molecule has 19 heavy (non-hydrogen) atoms. The summed E-state index contributed by atoms with van der Waals surface area (Å²) in [6.45, 7) is 5.56. The molecule has 0 saturated carbocycles. The lowest BCUT2D eigenvalue weighted by molar-refractivity contribution is -0.137. The van der Waals surface area contributed by atoms with Crippen molar-refractivity contribution < 1.29 is 18.3 Å². The van der Waals surface area contributed by atoms with Gasteiger partial charge in [-0.1, -0.05) is 20.8 Å². The molecule has 1 aromatic carbocycles. The minimum absolute atomic E-state index is 0.276. The van der Waals surface area contributed by atoms with Crippen molar-refractivity contribution in [3.63, 3.8) is 0 Å². The summed E-state index contributed by atoms with van der Waals surface area (Å²) in [6, 6.07) is 3.45. The van der Waals surface area contributed by atoms with Gasteiger partial charge in [0.15, 0.2) is 0 Å². The molecule has 2 rings (SSSR count). The summed E-state index contributed by atoms with van der Waals surface area (Å²) in [5, 5.41) is 10.6. The predicted octanol–water partition coefficient (Wildman–Crippen LogP) is 4.39. The Kier molecular flexibility index (Phi) is 3.35. The second-order valence-electron chi connectivity index (χ2n) is 5.50. The third kappa shape index (κ3) is 2.90. The van der Waals surface area contributed by atoms with E-state index in [1.807, 2.05) is 20.8 Å². The molecule has 1 atom stereocenters. The maximum absolute atomic E-state index is 12.6. The number of aromatic nitrogens is 1. The fourth-order valence-electron chi connectivity index (χ4n) is 1.61. The second kappa shape index (κ2) is 4.45. The lowest BCUT2D eigenvalue weighted by atomic mass is 9.90. The van der Waals surface area contributed by atoms with Gasteiger partial charge in [0.25, 0.3) is 0 Å². The van der Waals surface area contributed by atoms with Gasteiger partial charge in [0.1, 0.15) is 11.1 Å². The van der Waals surface area contributed by atoms with Gasteiger partial charge in [-0.15, -0.1) is 11.3 Å². The number of nitrogens with zero attached hydrogens (tertiary/aromatic N) is 1. The quantitative estimate of drug-likeness (QED) is 0.844. The molecule has 1 N–H and O–H groups in total. The highest BCUT2D eigenvalue weighted by atomic mass is 32.1. The van der Waals surface area contributed by atoms with Crippen LogP contribution in [0, 0.1) is 5.41 Å². The summed E-state index contributed by atoms with van der Waals surface area (Å²) in [7, 11) is 0. The predicted molar refractivity (Wildman–Crippen MR) is 69.0 cm³/mol. The van der Waals surface area contributed by atoms with E-state index in [4.69, 9.17) is 0 Å². The molecule has 0 bridgehead atoms. The Morgan fingerprint density at radius 1 is 1.21 bits per heavy atom. The minimum Gasteiger partial charge on any atom is -0.385 e. The first-order valence-corrected chi connectivity index (χ1v) is 6.56. The van der Waals surface area contributed by atoms with E-state index >= 15 is 0 Å². The van der Waals surface area contributed by atoms with Crippen LogP contribution in [-0.4, -0.2) is 10.1 Å². The van der Waals surface area contributed by atoms with E-state index in [2.05, 4.69) is 4.98 Å². The Morgan fingerprint density at radius 2 is 1.84 bits per heavy atom. The average Bonchev–Trinajstić information content (AvgIpc) is 2.67. The lowest BCUT2D eigenvalue weighted by Crippen LogP contribution is -2.17. The zero-order valence-electron chi connectivity index (χ0n) is 10.7. The van der Waals surface area contributed by atoms with Crippen LogP contribution in [0.25, 0.3) is 10.2 Å². The largest absolute Gasteiger partial charge is 0.416 e. The molecule has 0 aliphatic heterocycles. The molecular weight excluding hydrogens is 275 g/mol. The average molecular weight is 289 g/mol. The number of benzene rings is 1. The van der Waals surface area contributed by atoms with Crippen LogP contribution >= 0.6 is 11.3 Å². The van der Waals surface area contributed by atoms with Crippen LogP contribution in [0.15, 0.2) is 18.2 Å². The number of halogens is 3. The molecule has 2 nitrogen and oxygen atoms in total. The normalized spacial score (nSPS) is 14.9. The van der Waals surface area contributed by atoms with Crippen LogP contribution in [0.3, 0.4) is 0 Å². The van der Waals surface area contributed by atoms with Gasteiger partial charge in [-0.2, -0.15) is 13.2 Å². The first-order chi connectivity index (χ1) is 8.59. The molecule has 6 heteroatoms. The Labute approximate surface area is 112 Å².